The molecule has 1 aromatic carbocycles. The van der Waals surface area contributed by atoms with E-state index < -0.39 is 6.10 Å². The van der Waals surface area contributed by atoms with E-state index in [1.165, 1.54) is 0 Å². The number of hydrogen-bond donors (Lipinski definition) is 1. The minimum Gasteiger partial charge on any atom is -0.494 e. The molecule has 0 spiro atoms. The number of aromatic nitrogens is 2. The molecule has 1 atom stereocenters. The third-order valence-electron chi connectivity index (χ3n) is 2.85. The molecular formula is C14H18N2O2. The Kier molecular flexibility index (Phi) is 3.99. The van der Waals surface area contributed by atoms with Crippen LogP contribution in [0.4, 0.5) is 0 Å². The lowest BCUT2D eigenvalue weighted by Crippen LogP contribution is -2.11. The molecule has 0 aliphatic rings. The summed E-state index contributed by atoms with van der Waals surface area (Å²) in [6.07, 6.45) is 1.18. The quantitative estimate of drug-likeness (QED) is 0.880. The van der Waals surface area contributed by atoms with Crippen LogP contribution in [-0.2, 0) is 6.54 Å². The molecule has 4 nitrogen and oxygen atoms in total. The van der Waals surface area contributed by atoms with Gasteiger partial charge in [0.2, 0.25) is 0 Å². The number of rotatable bonds is 5. The summed E-state index contributed by atoms with van der Waals surface area (Å²) in [5.74, 6) is 0.823. The highest BCUT2D eigenvalue weighted by molar-refractivity contribution is 5.28. The molecule has 4 heteroatoms. The maximum Gasteiger partial charge on any atom is 0.119 e. The first-order chi connectivity index (χ1) is 8.70. The van der Waals surface area contributed by atoms with Crippen molar-refractivity contribution in [3.63, 3.8) is 0 Å². The van der Waals surface area contributed by atoms with Crippen LogP contribution in [0.3, 0.4) is 0 Å². The van der Waals surface area contributed by atoms with Gasteiger partial charge in [0.05, 0.1) is 19.3 Å². The van der Waals surface area contributed by atoms with Crippen molar-refractivity contribution in [2.75, 3.05) is 6.61 Å². The average molecular weight is 246 g/mol. The molecule has 0 bridgehead atoms. The molecule has 2 rings (SSSR count). The van der Waals surface area contributed by atoms with Gasteiger partial charge in [-0.25, -0.2) is 0 Å². The monoisotopic (exact) mass is 246 g/mol. The van der Waals surface area contributed by atoms with Crippen molar-refractivity contribution >= 4 is 0 Å². The van der Waals surface area contributed by atoms with Crippen LogP contribution in [0.25, 0.3) is 0 Å². The molecule has 0 amide bonds. The predicted octanol–water partition coefficient (Wildman–Crippen LogP) is 2.32. The Bertz CT molecular complexity index is 491. The second-order valence-electron chi connectivity index (χ2n) is 4.17. The molecule has 1 unspecified atom stereocenters. The van der Waals surface area contributed by atoms with Gasteiger partial charge in [-0.2, -0.15) is 5.10 Å². The summed E-state index contributed by atoms with van der Waals surface area (Å²) >= 11 is 0. The average Bonchev–Trinajstić information content (AvgIpc) is 2.76. The second kappa shape index (κ2) is 5.69. The number of aliphatic hydroxyl groups excluding tert-OH is 1. The molecule has 2 aromatic rings. The number of nitrogens with zero attached hydrogens (tertiary/aromatic N) is 2. The Morgan fingerprint density at radius 3 is 2.56 bits per heavy atom. The largest absolute Gasteiger partial charge is 0.494 e. The Hall–Kier alpha value is -1.81. The van der Waals surface area contributed by atoms with E-state index in [2.05, 4.69) is 5.10 Å². The van der Waals surface area contributed by atoms with E-state index in [1.54, 1.807) is 10.9 Å². The molecule has 18 heavy (non-hydrogen) atoms. The van der Waals surface area contributed by atoms with Gasteiger partial charge in [-0.05, 0) is 37.6 Å². The van der Waals surface area contributed by atoms with Crippen LogP contribution < -0.4 is 4.74 Å². The summed E-state index contributed by atoms with van der Waals surface area (Å²) in [4.78, 5) is 0. The molecule has 0 radical (unpaired) electrons. The summed E-state index contributed by atoms with van der Waals surface area (Å²) in [7, 11) is 0. The summed E-state index contributed by atoms with van der Waals surface area (Å²) in [6.45, 7) is 5.03. The molecule has 1 aromatic heterocycles. The van der Waals surface area contributed by atoms with Crippen molar-refractivity contribution in [3.05, 3.63) is 47.8 Å². The van der Waals surface area contributed by atoms with Crippen LogP contribution in [0.15, 0.2) is 36.5 Å². The highest BCUT2D eigenvalue weighted by atomic mass is 16.5. The molecule has 0 saturated heterocycles. The molecule has 1 N–H and O–H groups in total. The van der Waals surface area contributed by atoms with Crippen molar-refractivity contribution in [3.8, 4) is 5.75 Å². The molecule has 1 heterocycles. The van der Waals surface area contributed by atoms with Crippen LogP contribution in [0.1, 0.15) is 24.3 Å². The molecular weight excluding hydrogens is 228 g/mol. The third kappa shape index (κ3) is 2.90. The smallest absolute Gasteiger partial charge is 0.119 e. The van der Waals surface area contributed by atoms with Gasteiger partial charge < -0.3 is 9.84 Å². The van der Waals surface area contributed by atoms with Crippen molar-refractivity contribution in [2.24, 2.45) is 0 Å². The van der Waals surface area contributed by atoms with Crippen molar-refractivity contribution in [2.45, 2.75) is 26.5 Å². The van der Waals surface area contributed by atoms with Gasteiger partial charge in [-0.15, -0.1) is 0 Å². The zero-order chi connectivity index (χ0) is 13.0. The number of ether oxygens (including phenoxy) is 1. The Labute approximate surface area is 107 Å². The zero-order valence-corrected chi connectivity index (χ0v) is 10.7. The first kappa shape index (κ1) is 12.6. The minimum atomic E-state index is -0.556. The van der Waals surface area contributed by atoms with E-state index >= 15 is 0 Å². The van der Waals surface area contributed by atoms with Crippen LogP contribution in [0.2, 0.25) is 0 Å². The number of aryl methyl sites for hydroxylation is 1. The highest BCUT2D eigenvalue weighted by Gasteiger charge is 2.10. The van der Waals surface area contributed by atoms with E-state index in [0.29, 0.717) is 13.2 Å². The Morgan fingerprint density at radius 2 is 2.00 bits per heavy atom. The van der Waals surface area contributed by atoms with Crippen molar-refractivity contribution in [1.29, 1.82) is 0 Å². The van der Waals surface area contributed by atoms with Gasteiger partial charge in [-0.3, -0.25) is 4.68 Å². The molecule has 0 aliphatic carbocycles. The van der Waals surface area contributed by atoms with E-state index in [9.17, 15) is 5.11 Å². The fourth-order valence-electron chi connectivity index (χ4n) is 1.81. The fraction of sp³-hybridized carbons (Fsp3) is 0.357. The van der Waals surface area contributed by atoms with Crippen LogP contribution in [0, 0.1) is 6.92 Å². The van der Waals surface area contributed by atoms with Gasteiger partial charge in [0.15, 0.2) is 0 Å². The number of hydrogen-bond acceptors (Lipinski definition) is 3. The SMILES string of the molecule is CCOc1ccc(C(O)Cn2nccc2C)cc1. The van der Waals surface area contributed by atoms with Gasteiger partial charge in [-0.1, -0.05) is 12.1 Å². The molecule has 0 saturated carbocycles. The van der Waals surface area contributed by atoms with Crippen LogP contribution in [0.5, 0.6) is 5.75 Å². The second-order valence-corrected chi connectivity index (χ2v) is 4.17. The summed E-state index contributed by atoms with van der Waals surface area (Å²) < 4.78 is 7.16. The van der Waals surface area contributed by atoms with Gasteiger partial charge in [0.25, 0.3) is 0 Å². The first-order valence-corrected chi connectivity index (χ1v) is 6.10. The lowest BCUT2D eigenvalue weighted by Gasteiger charge is -2.13. The van der Waals surface area contributed by atoms with Crippen molar-refractivity contribution < 1.29 is 9.84 Å². The van der Waals surface area contributed by atoms with E-state index in [4.69, 9.17) is 4.74 Å². The predicted molar refractivity (Wildman–Crippen MR) is 69.5 cm³/mol. The summed E-state index contributed by atoms with van der Waals surface area (Å²) in [6, 6.07) is 9.43. The maximum atomic E-state index is 10.1. The first-order valence-electron chi connectivity index (χ1n) is 6.10. The lowest BCUT2D eigenvalue weighted by molar-refractivity contribution is 0.150. The van der Waals surface area contributed by atoms with E-state index in [0.717, 1.165) is 17.0 Å². The summed E-state index contributed by atoms with van der Waals surface area (Å²) in [5.41, 5.74) is 1.91. The fourth-order valence-corrected chi connectivity index (χ4v) is 1.81. The van der Waals surface area contributed by atoms with E-state index in [1.807, 2.05) is 44.2 Å². The Morgan fingerprint density at radius 1 is 1.28 bits per heavy atom. The zero-order valence-electron chi connectivity index (χ0n) is 10.7. The normalized spacial score (nSPS) is 12.4. The van der Waals surface area contributed by atoms with Crippen LogP contribution >= 0.6 is 0 Å². The third-order valence-corrected chi connectivity index (χ3v) is 2.85. The highest BCUT2D eigenvalue weighted by Crippen LogP contribution is 2.19. The van der Waals surface area contributed by atoms with Crippen LogP contribution in [-0.4, -0.2) is 21.5 Å². The van der Waals surface area contributed by atoms with Gasteiger partial charge in [0.1, 0.15) is 5.75 Å². The summed E-state index contributed by atoms with van der Waals surface area (Å²) in [5, 5.41) is 14.3. The van der Waals surface area contributed by atoms with Gasteiger partial charge in [0, 0.05) is 11.9 Å². The number of benzene rings is 1. The minimum absolute atomic E-state index is 0.465. The number of aliphatic hydroxyl groups is 1. The topological polar surface area (TPSA) is 47.3 Å². The van der Waals surface area contributed by atoms with E-state index in [-0.39, 0.29) is 0 Å². The van der Waals surface area contributed by atoms with Gasteiger partial charge >= 0.3 is 0 Å². The standard InChI is InChI=1S/C14H18N2O2/c1-3-18-13-6-4-12(5-7-13)14(17)10-16-11(2)8-9-15-16/h4-9,14,17H,3,10H2,1-2H3. The Balaban J connectivity index is 2.04. The maximum absolute atomic E-state index is 10.1. The lowest BCUT2D eigenvalue weighted by atomic mass is 10.1. The molecule has 96 valence electrons. The molecule has 0 fully saturated rings. The molecule has 0 aliphatic heterocycles. The van der Waals surface area contributed by atoms with Crippen molar-refractivity contribution in [1.82, 2.24) is 9.78 Å².